The van der Waals surface area contributed by atoms with E-state index in [2.05, 4.69) is 5.10 Å². The number of H-pyrrole nitrogens is 1. The summed E-state index contributed by atoms with van der Waals surface area (Å²) in [5.41, 5.74) is 1.40. The molecule has 0 fully saturated rings. The molecule has 0 unspecified atom stereocenters. The van der Waals surface area contributed by atoms with Crippen LogP contribution in [-0.2, 0) is 0 Å². The Balaban J connectivity index is 2.46. The van der Waals surface area contributed by atoms with Crippen molar-refractivity contribution in [3.05, 3.63) is 51.9 Å². The Bertz CT molecular complexity index is 578. The third-order valence-electron chi connectivity index (χ3n) is 2.22. The van der Waals surface area contributed by atoms with Gasteiger partial charge < -0.3 is 5.11 Å². The van der Waals surface area contributed by atoms with Crippen LogP contribution in [0.25, 0.3) is 5.69 Å². The fraction of sp³-hybridized carbons (Fsp3) is 0.0909. The van der Waals surface area contributed by atoms with Crippen LogP contribution in [0.3, 0.4) is 0 Å². The average Bonchev–Trinajstić information content (AvgIpc) is 2.58. The van der Waals surface area contributed by atoms with E-state index in [9.17, 15) is 9.59 Å². The molecule has 16 heavy (non-hydrogen) atoms. The topological polar surface area (TPSA) is 75.1 Å². The minimum Gasteiger partial charge on any atom is -0.478 e. The highest BCUT2D eigenvalue weighted by Crippen LogP contribution is 2.07. The second-order valence-electron chi connectivity index (χ2n) is 3.46. The van der Waals surface area contributed by atoms with Gasteiger partial charge in [0.05, 0.1) is 11.3 Å². The average molecular weight is 218 g/mol. The number of rotatable bonds is 2. The predicted molar refractivity (Wildman–Crippen MR) is 58.1 cm³/mol. The van der Waals surface area contributed by atoms with Crippen LogP contribution >= 0.6 is 0 Å². The molecule has 0 saturated heterocycles. The summed E-state index contributed by atoms with van der Waals surface area (Å²) >= 11 is 0. The number of nitrogens with zero attached hydrogens (tertiary/aromatic N) is 1. The quantitative estimate of drug-likeness (QED) is 0.794. The third-order valence-corrected chi connectivity index (χ3v) is 2.22. The summed E-state index contributed by atoms with van der Waals surface area (Å²) < 4.78 is 1.36. The van der Waals surface area contributed by atoms with Gasteiger partial charge in [-0.15, -0.1) is 0 Å². The third kappa shape index (κ3) is 1.75. The van der Waals surface area contributed by atoms with Gasteiger partial charge >= 0.3 is 5.97 Å². The molecule has 1 heterocycles. The smallest absolute Gasteiger partial charge is 0.335 e. The van der Waals surface area contributed by atoms with Gasteiger partial charge in [0, 0.05) is 11.8 Å². The minimum absolute atomic E-state index is 0.166. The lowest BCUT2D eigenvalue weighted by Crippen LogP contribution is -2.13. The van der Waals surface area contributed by atoms with Crippen LogP contribution in [0.5, 0.6) is 0 Å². The zero-order valence-corrected chi connectivity index (χ0v) is 8.60. The molecule has 0 bridgehead atoms. The Morgan fingerprint density at radius 1 is 1.31 bits per heavy atom. The summed E-state index contributed by atoms with van der Waals surface area (Å²) in [4.78, 5) is 22.1. The Morgan fingerprint density at radius 3 is 2.38 bits per heavy atom. The van der Waals surface area contributed by atoms with Crippen LogP contribution in [0.1, 0.15) is 16.1 Å². The van der Waals surface area contributed by atoms with E-state index in [4.69, 9.17) is 5.11 Å². The first-order valence-electron chi connectivity index (χ1n) is 4.70. The van der Waals surface area contributed by atoms with Crippen molar-refractivity contribution in [1.82, 2.24) is 9.78 Å². The van der Waals surface area contributed by atoms with Gasteiger partial charge in [0.25, 0.3) is 5.56 Å². The van der Waals surface area contributed by atoms with E-state index in [1.807, 2.05) is 0 Å². The predicted octanol–water partition coefficient (Wildman–Crippen LogP) is 1.17. The van der Waals surface area contributed by atoms with Gasteiger partial charge in [-0.3, -0.25) is 9.89 Å². The standard InChI is InChI=1S/C11H10N2O3/c1-7-6-10(14)13(12-7)9-4-2-8(3-5-9)11(15)16/h2-6,12H,1H3,(H,15,16). The number of aromatic carboxylic acids is 1. The van der Waals surface area contributed by atoms with Gasteiger partial charge in [-0.1, -0.05) is 0 Å². The van der Waals surface area contributed by atoms with Crippen molar-refractivity contribution in [2.24, 2.45) is 0 Å². The van der Waals surface area contributed by atoms with Gasteiger partial charge in [0.1, 0.15) is 0 Å². The van der Waals surface area contributed by atoms with Gasteiger partial charge in [-0.05, 0) is 31.2 Å². The molecule has 5 nitrogen and oxygen atoms in total. The highest BCUT2D eigenvalue weighted by atomic mass is 16.4. The van der Waals surface area contributed by atoms with Crippen LogP contribution in [0.2, 0.25) is 0 Å². The van der Waals surface area contributed by atoms with Crippen molar-refractivity contribution in [2.75, 3.05) is 0 Å². The SMILES string of the molecule is Cc1cc(=O)n(-c2ccc(C(=O)O)cc2)[nH]1. The first-order chi connectivity index (χ1) is 7.58. The minimum atomic E-state index is -0.985. The number of carboxylic acids is 1. The highest BCUT2D eigenvalue weighted by Gasteiger charge is 2.05. The van der Waals surface area contributed by atoms with Gasteiger partial charge in [0.2, 0.25) is 0 Å². The van der Waals surface area contributed by atoms with E-state index < -0.39 is 5.97 Å². The first kappa shape index (κ1) is 10.2. The van der Waals surface area contributed by atoms with Crippen LogP contribution in [0.15, 0.2) is 35.1 Å². The number of benzene rings is 1. The number of aryl methyl sites for hydroxylation is 1. The van der Waals surface area contributed by atoms with Crippen LogP contribution in [-0.4, -0.2) is 20.9 Å². The van der Waals surface area contributed by atoms with E-state index in [-0.39, 0.29) is 11.1 Å². The van der Waals surface area contributed by atoms with Gasteiger partial charge in [0.15, 0.2) is 0 Å². The highest BCUT2D eigenvalue weighted by molar-refractivity contribution is 5.87. The molecule has 1 aromatic heterocycles. The molecule has 5 heteroatoms. The number of aromatic amines is 1. The lowest BCUT2D eigenvalue weighted by molar-refractivity contribution is 0.0697. The molecule has 2 aromatic rings. The Morgan fingerprint density at radius 2 is 1.94 bits per heavy atom. The lowest BCUT2D eigenvalue weighted by atomic mass is 10.2. The van der Waals surface area contributed by atoms with Crippen molar-refractivity contribution >= 4 is 5.97 Å². The van der Waals surface area contributed by atoms with E-state index in [0.29, 0.717) is 5.69 Å². The molecule has 0 amide bonds. The van der Waals surface area contributed by atoms with Crippen molar-refractivity contribution in [2.45, 2.75) is 6.92 Å². The molecule has 0 aliphatic carbocycles. The summed E-state index contributed by atoms with van der Waals surface area (Å²) in [7, 11) is 0. The molecule has 0 aliphatic rings. The molecule has 0 saturated carbocycles. The van der Waals surface area contributed by atoms with Crippen molar-refractivity contribution in [3.63, 3.8) is 0 Å². The maximum atomic E-state index is 11.5. The number of hydrogen-bond acceptors (Lipinski definition) is 2. The van der Waals surface area contributed by atoms with E-state index >= 15 is 0 Å². The van der Waals surface area contributed by atoms with Crippen LogP contribution in [0.4, 0.5) is 0 Å². The largest absolute Gasteiger partial charge is 0.478 e. The zero-order chi connectivity index (χ0) is 11.7. The molecular formula is C11H10N2O3. The molecule has 1 aromatic carbocycles. The molecule has 0 aliphatic heterocycles. The molecule has 0 radical (unpaired) electrons. The second kappa shape index (κ2) is 3.69. The molecule has 2 rings (SSSR count). The number of carboxylic acid groups (broad SMARTS) is 1. The number of aromatic nitrogens is 2. The first-order valence-corrected chi connectivity index (χ1v) is 4.70. The molecule has 0 atom stereocenters. The van der Waals surface area contributed by atoms with Crippen molar-refractivity contribution < 1.29 is 9.90 Å². The second-order valence-corrected chi connectivity index (χ2v) is 3.46. The van der Waals surface area contributed by atoms with E-state index in [1.165, 1.54) is 22.9 Å². The van der Waals surface area contributed by atoms with Crippen molar-refractivity contribution in [3.8, 4) is 5.69 Å². The fourth-order valence-electron chi connectivity index (χ4n) is 1.46. The molecule has 82 valence electrons. The summed E-state index contributed by atoms with van der Waals surface area (Å²) in [6, 6.07) is 7.56. The molecule has 2 N–H and O–H groups in total. The van der Waals surface area contributed by atoms with E-state index in [0.717, 1.165) is 5.69 Å². The Hall–Kier alpha value is -2.30. The summed E-state index contributed by atoms with van der Waals surface area (Å²) in [6.45, 7) is 1.78. The zero-order valence-electron chi connectivity index (χ0n) is 8.60. The van der Waals surface area contributed by atoms with Gasteiger partial charge in [-0.2, -0.15) is 0 Å². The number of nitrogens with one attached hydrogen (secondary N) is 1. The van der Waals surface area contributed by atoms with Crippen LogP contribution < -0.4 is 5.56 Å². The summed E-state index contributed by atoms with van der Waals surface area (Å²) in [5, 5.41) is 11.6. The number of hydrogen-bond donors (Lipinski definition) is 2. The van der Waals surface area contributed by atoms with Gasteiger partial charge in [-0.25, -0.2) is 9.48 Å². The van der Waals surface area contributed by atoms with Crippen LogP contribution in [0, 0.1) is 6.92 Å². The lowest BCUT2D eigenvalue weighted by Gasteiger charge is -2.01. The number of carbonyl (C=O) groups is 1. The fourth-order valence-corrected chi connectivity index (χ4v) is 1.46. The maximum absolute atomic E-state index is 11.5. The van der Waals surface area contributed by atoms with E-state index in [1.54, 1.807) is 19.1 Å². The molecular weight excluding hydrogens is 208 g/mol. The summed E-state index contributed by atoms with van der Waals surface area (Å²) in [6.07, 6.45) is 0. The molecule has 0 spiro atoms. The summed E-state index contributed by atoms with van der Waals surface area (Å²) in [5.74, 6) is -0.985. The maximum Gasteiger partial charge on any atom is 0.335 e. The monoisotopic (exact) mass is 218 g/mol. The Labute approximate surface area is 90.9 Å². The normalized spacial score (nSPS) is 10.3. The Kier molecular flexibility index (Phi) is 2.36. The van der Waals surface area contributed by atoms with Crippen molar-refractivity contribution in [1.29, 1.82) is 0 Å².